The Balaban J connectivity index is 2.13. The second kappa shape index (κ2) is 6.52. The number of ether oxygens (including phenoxy) is 1. The summed E-state index contributed by atoms with van der Waals surface area (Å²) in [5.74, 6) is -0.882. The number of carbonyl (C=O) groups is 2. The average Bonchev–Trinajstić information content (AvgIpc) is 2.83. The van der Waals surface area contributed by atoms with Crippen molar-refractivity contribution in [2.24, 2.45) is 0 Å². The number of carbonyl (C=O) groups excluding carboxylic acids is 2. The van der Waals surface area contributed by atoms with E-state index in [0.29, 0.717) is 21.4 Å². The minimum atomic E-state index is -0.495. The first-order valence-corrected chi connectivity index (χ1v) is 7.26. The number of anilines is 1. The van der Waals surface area contributed by atoms with E-state index in [1.165, 1.54) is 17.7 Å². The van der Waals surface area contributed by atoms with E-state index < -0.39 is 5.97 Å². The van der Waals surface area contributed by atoms with Crippen molar-refractivity contribution < 1.29 is 14.3 Å². The Hall–Kier alpha value is -2.48. The highest BCUT2D eigenvalue weighted by Gasteiger charge is 2.17. The first-order valence-electron chi connectivity index (χ1n) is 6.44. The molecule has 1 N–H and O–H groups in total. The number of aryl methyl sites for hydroxylation is 2. The molecule has 0 spiro atoms. The van der Waals surface area contributed by atoms with Gasteiger partial charge in [-0.15, -0.1) is 0 Å². The Morgan fingerprint density at radius 2 is 2.09 bits per heavy atom. The third-order valence-corrected chi connectivity index (χ3v) is 4.04. The van der Waals surface area contributed by atoms with Gasteiger partial charge in [0.1, 0.15) is 11.4 Å². The van der Waals surface area contributed by atoms with E-state index in [0.717, 1.165) is 11.3 Å². The van der Waals surface area contributed by atoms with Gasteiger partial charge in [-0.1, -0.05) is 17.4 Å². The second-order valence-electron chi connectivity index (χ2n) is 4.56. The van der Waals surface area contributed by atoms with E-state index in [4.69, 9.17) is 0 Å². The van der Waals surface area contributed by atoms with Gasteiger partial charge in [-0.3, -0.25) is 9.59 Å². The lowest BCUT2D eigenvalue weighted by Gasteiger charge is -2.08. The van der Waals surface area contributed by atoms with Crippen molar-refractivity contribution in [3.8, 4) is 0 Å². The highest BCUT2D eigenvalue weighted by molar-refractivity contribution is 7.17. The van der Waals surface area contributed by atoms with Crippen LogP contribution in [0.25, 0.3) is 0 Å². The number of methoxy groups -OCH3 is 1. The van der Waals surface area contributed by atoms with Crippen LogP contribution in [0.3, 0.4) is 0 Å². The molecule has 7 nitrogen and oxygen atoms in total. The Morgan fingerprint density at radius 3 is 2.73 bits per heavy atom. The standard InChI is InChI=1S/C14H15N3O4S/c1-8-5-4-6-11(19)17(8)7-10(18)16-14-15-9(2)12(22-14)13(20)21-3/h4-6H,7H2,1-3H3,(H,15,16,18). The number of aromatic nitrogens is 2. The van der Waals surface area contributed by atoms with E-state index in [1.807, 2.05) is 0 Å². The van der Waals surface area contributed by atoms with Gasteiger partial charge in [-0.25, -0.2) is 9.78 Å². The lowest BCUT2D eigenvalue weighted by molar-refractivity contribution is -0.116. The number of thiazole rings is 1. The van der Waals surface area contributed by atoms with Gasteiger partial charge in [0.15, 0.2) is 5.13 Å². The van der Waals surface area contributed by atoms with Gasteiger partial charge in [0.05, 0.1) is 12.8 Å². The van der Waals surface area contributed by atoms with Crippen LogP contribution < -0.4 is 10.9 Å². The van der Waals surface area contributed by atoms with Crippen LogP contribution in [0.2, 0.25) is 0 Å². The number of nitrogens with one attached hydrogen (secondary N) is 1. The molecule has 0 radical (unpaired) electrons. The van der Waals surface area contributed by atoms with E-state index in [2.05, 4.69) is 15.0 Å². The van der Waals surface area contributed by atoms with Crippen LogP contribution in [-0.2, 0) is 16.1 Å². The molecule has 0 aromatic carbocycles. The first-order chi connectivity index (χ1) is 10.4. The van der Waals surface area contributed by atoms with E-state index in [1.54, 1.807) is 26.0 Å². The van der Waals surface area contributed by atoms with Crippen LogP contribution in [0.1, 0.15) is 21.1 Å². The van der Waals surface area contributed by atoms with Gasteiger partial charge >= 0.3 is 5.97 Å². The molecule has 0 aliphatic rings. The third kappa shape index (κ3) is 3.40. The summed E-state index contributed by atoms with van der Waals surface area (Å²) in [5.41, 5.74) is 0.925. The van der Waals surface area contributed by atoms with Crippen molar-refractivity contribution in [3.05, 3.63) is 44.8 Å². The fraction of sp³-hybridized carbons (Fsp3) is 0.286. The molecule has 2 aromatic heterocycles. The minimum absolute atomic E-state index is 0.113. The van der Waals surface area contributed by atoms with Gasteiger partial charge in [-0.2, -0.15) is 0 Å². The van der Waals surface area contributed by atoms with Gasteiger partial charge in [0.25, 0.3) is 5.56 Å². The zero-order chi connectivity index (χ0) is 16.3. The fourth-order valence-electron chi connectivity index (χ4n) is 1.86. The number of hydrogen-bond donors (Lipinski definition) is 1. The Kier molecular flexibility index (Phi) is 4.71. The predicted octanol–water partition coefficient (Wildman–Crippen LogP) is 1.35. The van der Waals surface area contributed by atoms with E-state index in [-0.39, 0.29) is 18.0 Å². The molecule has 8 heteroatoms. The van der Waals surface area contributed by atoms with E-state index >= 15 is 0 Å². The third-order valence-electron chi connectivity index (χ3n) is 2.98. The summed E-state index contributed by atoms with van der Waals surface area (Å²) in [4.78, 5) is 39.7. The van der Waals surface area contributed by atoms with Gasteiger partial charge in [0.2, 0.25) is 5.91 Å². The molecule has 0 atom stereocenters. The molecule has 116 valence electrons. The molecule has 2 aromatic rings. The number of amides is 1. The van der Waals surface area contributed by atoms with Crippen LogP contribution in [0.5, 0.6) is 0 Å². The molecule has 0 aliphatic heterocycles. The number of nitrogens with zero attached hydrogens (tertiary/aromatic N) is 2. The summed E-state index contributed by atoms with van der Waals surface area (Å²) in [7, 11) is 1.28. The Bertz CT molecular complexity index is 779. The fourth-order valence-corrected chi connectivity index (χ4v) is 2.76. The van der Waals surface area contributed by atoms with Crippen molar-refractivity contribution >= 4 is 28.3 Å². The molecule has 0 saturated carbocycles. The molecule has 0 bridgehead atoms. The normalized spacial score (nSPS) is 10.3. The minimum Gasteiger partial charge on any atom is -0.465 e. The monoisotopic (exact) mass is 321 g/mol. The van der Waals surface area contributed by atoms with Crippen LogP contribution in [0.4, 0.5) is 5.13 Å². The maximum Gasteiger partial charge on any atom is 0.350 e. The highest BCUT2D eigenvalue weighted by atomic mass is 32.1. The summed E-state index contributed by atoms with van der Waals surface area (Å²) in [6, 6.07) is 4.78. The van der Waals surface area contributed by atoms with Crippen molar-refractivity contribution in [2.75, 3.05) is 12.4 Å². The second-order valence-corrected chi connectivity index (χ2v) is 5.56. The number of hydrogen-bond acceptors (Lipinski definition) is 6. The summed E-state index contributed by atoms with van der Waals surface area (Å²) in [6.45, 7) is 3.29. The SMILES string of the molecule is COC(=O)c1sc(NC(=O)Cn2c(C)cccc2=O)nc1C. The Labute approximate surface area is 130 Å². The quantitative estimate of drug-likeness (QED) is 0.858. The molecule has 0 unspecified atom stereocenters. The lowest BCUT2D eigenvalue weighted by atomic mass is 10.3. The smallest absolute Gasteiger partial charge is 0.350 e. The van der Waals surface area contributed by atoms with Crippen molar-refractivity contribution in [2.45, 2.75) is 20.4 Å². The average molecular weight is 321 g/mol. The van der Waals surface area contributed by atoms with Crippen molar-refractivity contribution in [1.82, 2.24) is 9.55 Å². The summed E-state index contributed by atoms with van der Waals surface area (Å²) >= 11 is 1.03. The molecule has 2 rings (SSSR count). The number of rotatable bonds is 4. The lowest BCUT2D eigenvalue weighted by Crippen LogP contribution is -2.28. The first kappa shape index (κ1) is 15.9. The van der Waals surface area contributed by atoms with Crippen LogP contribution >= 0.6 is 11.3 Å². The van der Waals surface area contributed by atoms with Crippen molar-refractivity contribution in [3.63, 3.8) is 0 Å². The highest BCUT2D eigenvalue weighted by Crippen LogP contribution is 2.23. The Morgan fingerprint density at radius 1 is 1.36 bits per heavy atom. The zero-order valence-electron chi connectivity index (χ0n) is 12.4. The largest absolute Gasteiger partial charge is 0.465 e. The molecular formula is C14H15N3O4S. The van der Waals surface area contributed by atoms with Gasteiger partial charge in [-0.05, 0) is 19.9 Å². The van der Waals surface area contributed by atoms with Crippen LogP contribution in [-0.4, -0.2) is 28.5 Å². The maximum absolute atomic E-state index is 12.0. The molecule has 1 amide bonds. The van der Waals surface area contributed by atoms with E-state index in [9.17, 15) is 14.4 Å². The van der Waals surface area contributed by atoms with Gasteiger partial charge < -0.3 is 14.6 Å². The molecule has 22 heavy (non-hydrogen) atoms. The summed E-state index contributed by atoms with van der Waals surface area (Å²) in [6.07, 6.45) is 0. The molecular weight excluding hydrogens is 306 g/mol. The molecule has 0 aliphatic carbocycles. The van der Waals surface area contributed by atoms with Crippen molar-refractivity contribution in [1.29, 1.82) is 0 Å². The topological polar surface area (TPSA) is 90.3 Å². The predicted molar refractivity (Wildman–Crippen MR) is 82.3 cm³/mol. The van der Waals surface area contributed by atoms with Gasteiger partial charge in [0, 0.05) is 11.8 Å². The summed E-state index contributed by atoms with van der Waals surface area (Å²) < 4.78 is 5.99. The van der Waals surface area contributed by atoms with Crippen LogP contribution in [0.15, 0.2) is 23.0 Å². The summed E-state index contributed by atoms with van der Waals surface area (Å²) in [5, 5.41) is 2.88. The molecule has 0 saturated heterocycles. The number of esters is 1. The number of pyridine rings is 1. The zero-order valence-corrected chi connectivity index (χ0v) is 13.2. The molecule has 2 heterocycles. The maximum atomic E-state index is 12.0. The molecule has 0 fully saturated rings. The van der Waals surface area contributed by atoms with Crippen LogP contribution in [0, 0.1) is 13.8 Å².